The zero-order chi connectivity index (χ0) is 13.8. The van der Waals surface area contributed by atoms with E-state index >= 15 is 0 Å². The highest BCUT2D eigenvalue weighted by molar-refractivity contribution is 7.33. The molecule has 19 heavy (non-hydrogen) atoms. The first-order valence-corrected chi connectivity index (χ1v) is 11.9. The molecule has 0 atom stereocenters. The minimum Gasteiger partial charge on any atom is -0.150 e. The second-order valence-corrected chi connectivity index (χ2v) is 10.4. The molecule has 0 unspecified atom stereocenters. The number of hydrogen-bond donors (Lipinski definition) is 0. The third-order valence-electron chi connectivity index (χ3n) is 3.48. The molecule has 1 rings (SSSR count). The second-order valence-electron chi connectivity index (χ2n) is 5.24. The van der Waals surface area contributed by atoms with E-state index in [0.717, 1.165) is 6.04 Å². The van der Waals surface area contributed by atoms with Gasteiger partial charge in [-0.15, -0.1) is 0 Å². The van der Waals surface area contributed by atoms with Crippen LogP contribution < -0.4 is 0 Å². The van der Waals surface area contributed by atoms with Crippen molar-refractivity contribution in [3.8, 4) is 0 Å². The summed E-state index contributed by atoms with van der Waals surface area (Å²) in [7, 11) is -1.33. The van der Waals surface area contributed by atoms with Crippen molar-refractivity contribution >= 4 is 29.6 Å². The molecule has 0 bridgehead atoms. The van der Waals surface area contributed by atoms with Crippen molar-refractivity contribution in [2.45, 2.75) is 63.8 Å². The zero-order valence-electron chi connectivity index (χ0n) is 11.8. The van der Waals surface area contributed by atoms with Crippen molar-refractivity contribution in [3.05, 3.63) is 35.9 Å². The van der Waals surface area contributed by atoms with Crippen molar-refractivity contribution in [1.29, 1.82) is 0 Å². The van der Waals surface area contributed by atoms with E-state index in [9.17, 15) is 0 Å². The number of aryl methyl sites for hydroxylation is 1. The van der Waals surface area contributed by atoms with Gasteiger partial charge in [-0.3, -0.25) is 0 Å². The Balaban J connectivity index is 1.81. The molecule has 0 fully saturated rings. The Labute approximate surface area is 129 Å². The number of benzene rings is 1. The Morgan fingerprint density at radius 2 is 1.21 bits per heavy atom. The normalized spacial score (nSPS) is 11.1. The average molecular weight is 317 g/mol. The molecule has 0 radical (unpaired) electrons. The quantitative estimate of drug-likeness (QED) is 0.265. The molecule has 0 aliphatic rings. The summed E-state index contributed by atoms with van der Waals surface area (Å²) >= 11 is 11.7. The highest BCUT2D eigenvalue weighted by Crippen LogP contribution is 2.14. The van der Waals surface area contributed by atoms with Crippen LogP contribution in [0.3, 0.4) is 0 Å². The SMILES string of the molecule is Cl[SiH](Cl)CCCCCCCCCCc1ccccc1. The van der Waals surface area contributed by atoms with Crippen LogP contribution in [0.15, 0.2) is 30.3 Å². The summed E-state index contributed by atoms with van der Waals surface area (Å²) in [5.41, 5.74) is 1.48. The van der Waals surface area contributed by atoms with Crippen LogP contribution >= 0.6 is 22.2 Å². The van der Waals surface area contributed by atoms with E-state index in [1.165, 1.54) is 63.4 Å². The van der Waals surface area contributed by atoms with Gasteiger partial charge in [-0.2, -0.15) is 22.2 Å². The Bertz CT molecular complexity index is 301. The highest BCUT2D eigenvalue weighted by atomic mass is 35.7. The fourth-order valence-electron chi connectivity index (χ4n) is 2.33. The van der Waals surface area contributed by atoms with Gasteiger partial charge >= 0.3 is 0 Å². The first-order chi connectivity index (χ1) is 9.29. The van der Waals surface area contributed by atoms with Gasteiger partial charge < -0.3 is 0 Å². The van der Waals surface area contributed by atoms with Crippen molar-refractivity contribution in [2.24, 2.45) is 0 Å². The van der Waals surface area contributed by atoms with Gasteiger partial charge in [0.2, 0.25) is 7.42 Å². The maximum absolute atomic E-state index is 5.83. The van der Waals surface area contributed by atoms with Crippen LogP contribution in [0, 0.1) is 0 Å². The predicted octanol–water partition coefficient (Wildman–Crippen LogP) is 6.05. The van der Waals surface area contributed by atoms with Gasteiger partial charge in [0.15, 0.2) is 0 Å². The monoisotopic (exact) mass is 316 g/mol. The minimum atomic E-state index is -1.33. The summed E-state index contributed by atoms with van der Waals surface area (Å²) in [6.07, 6.45) is 12.0. The van der Waals surface area contributed by atoms with Gasteiger partial charge in [-0.1, -0.05) is 75.3 Å². The molecule has 1 aromatic rings. The molecule has 0 nitrogen and oxygen atoms in total. The molecule has 0 aliphatic carbocycles. The maximum atomic E-state index is 5.83. The van der Waals surface area contributed by atoms with Crippen LogP contribution in [0.1, 0.15) is 56.9 Å². The van der Waals surface area contributed by atoms with Gasteiger partial charge in [0.25, 0.3) is 0 Å². The van der Waals surface area contributed by atoms with E-state index in [1.54, 1.807) is 0 Å². The lowest BCUT2D eigenvalue weighted by atomic mass is 10.0. The van der Waals surface area contributed by atoms with Crippen molar-refractivity contribution < 1.29 is 0 Å². The van der Waals surface area contributed by atoms with Crippen LogP contribution in [0.2, 0.25) is 6.04 Å². The summed E-state index contributed by atoms with van der Waals surface area (Å²) in [5.74, 6) is 0. The molecule has 0 saturated heterocycles. The summed E-state index contributed by atoms with van der Waals surface area (Å²) in [4.78, 5) is 0. The van der Waals surface area contributed by atoms with Crippen LogP contribution in [0.5, 0.6) is 0 Å². The van der Waals surface area contributed by atoms with Crippen molar-refractivity contribution in [3.63, 3.8) is 0 Å². The summed E-state index contributed by atoms with van der Waals surface area (Å²) in [6.45, 7) is 0. The van der Waals surface area contributed by atoms with Gasteiger partial charge in [0, 0.05) is 0 Å². The highest BCUT2D eigenvalue weighted by Gasteiger charge is 2.00. The molecule has 0 amide bonds. The van der Waals surface area contributed by atoms with Gasteiger partial charge in [-0.25, -0.2) is 0 Å². The van der Waals surface area contributed by atoms with E-state index < -0.39 is 7.42 Å². The van der Waals surface area contributed by atoms with E-state index in [-0.39, 0.29) is 0 Å². The lowest BCUT2D eigenvalue weighted by Crippen LogP contribution is -1.91. The molecule has 0 N–H and O–H groups in total. The number of rotatable bonds is 11. The van der Waals surface area contributed by atoms with Crippen molar-refractivity contribution in [2.75, 3.05) is 0 Å². The van der Waals surface area contributed by atoms with Crippen molar-refractivity contribution in [1.82, 2.24) is 0 Å². The number of hydrogen-bond acceptors (Lipinski definition) is 0. The molecule has 0 aliphatic heterocycles. The molecule has 0 heterocycles. The van der Waals surface area contributed by atoms with Gasteiger partial charge in [0.1, 0.15) is 0 Å². The van der Waals surface area contributed by atoms with Gasteiger partial charge in [-0.05, 0) is 24.4 Å². The Kier molecular flexibility index (Phi) is 10.6. The van der Waals surface area contributed by atoms with E-state index in [0.29, 0.717) is 0 Å². The number of unbranched alkanes of at least 4 members (excludes halogenated alkanes) is 7. The van der Waals surface area contributed by atoms with Crippen LogP contribution in [-0.4, -0.2) is 7.42 Å². The topological polar surface area (TPSA) is 0 Å². The lowest BCUT2D eigenvalue weighted by Gasteiger charge is -2.03. The lowest BCUT2D eigenvalue weighted by molar-refractivity contribution is 0.575. The number of halogens is 2. The molecular formula is C16H26Cl2Si. The maximum Gasteiger partial charge on any atom is 0.237 e. The Hall–Kier alpha value is 0.0169. The smallest absolute Gasteiger partial charge is 0.150 e. The third kappa shape index (κ3) is 10.5. The third-order valence-corrected chi connectivity index (χ3v) is 5.63. The zero-order valence-corrected chi connectivity index (χ0v) is 14.5. The summed E-state index contributed by atoms with van der Waals surface area (Å²) < 4.78 is 0. The van der Waals surface area contributed by atoms with Gasteiger partial charge in [0.05, 0.1) is 0 Å². The molecule has 0 spiro atoms. The van der Waals surface area contributed by atoms with Crippen LogP contribution in [-0.2, 0) is 6.42 Å². The first-order valence-electron chi connectivity index (χ1n) is 7.61. The predicted molar refractivity (Wildman–Crippen MR) is 90.7 cm³/mol. The second kappa shape index (κ2) is 11.8. The molecule has 3 heteroatoms. The molecule has 0 aromatic heterocycles. The minimum absolute atomic E-state index is 1.08. The summed E-state index contributed by atoms with van der Waals surface area (Å²) in [6, 6.07) is 11.9. The summed E-state index contributed by atoms with van der Waals surface area (Å²) in [5, 5.41) is 0. The first kappa shape index (κ1) is 17.1. The van der Waals surface area contributed by atoms with E-state index in [4.69, 9.17) is 22.2 Å². The fraction of sp³-hybridized carbons (Fsp3) is 0.625. The Morgan fingerprint density at radius 1 is 0.684 bits per heavy atom. The molecule has 108 valence electrons. The van der Waals surface area contributed by atoms with E-state index in [1.807, 2.05) is 0 Å². The fourth-order valence-corrected chi connectivity index (χ4v) is 3.86. The molecular weight excluding hydrogens is 291 g/mol. The van der Waals surface area contributed by atoms with Crippen LogP contribution in [0.4, 0.5) is 0 Å². The molecule has 0 saturated carbocycles. The Morgan fingerprint density at radius 3 is 1.79 bits per heavy atom. The molecule has 1 aromatic carbocycles. The van der Waals surface area contributed by atoms with Crippen LogP contribution in [0.25, 0.3) is 0 Å². The average Bonchev–Trinajstić information content (AvgIpc) is 2.42. The standard InChI is InChI=1S/C16H26Cl2Si/c17-19(18)15-11-6-4-2-1-3-5-8-12-16-13-9-7-10-14-16/h7,9-10,13-14,19H,1-6,8,11-12,15H2. The largest absolute Gasteiger partial charge is 0.237 e. The van der Waals surface area contributed by atoms with E-state index in [2.05, 4.69) is 30.3 Å².